The Morgan fingerprint density at radius 3 is 2.18 bits per heavy atom. The summed E-state index contributed by atoms with van der Waals surface area (Å²) < 4.78 is 5.24. The van der Waals surface area contributed by atoms with Gasteiger partial charge in [-0.05, 0) is 29.5 Å². The van der Waals surface area contributed by atoms with Crippen molar-refractivity contribution in [2.75, 3.05) is 0 Å². The predicted molar refractivity (Wildman–Crippen MR) is 70.2 cm³/mol. The molecule has 0 aromatic heterocycles. The summed E-state index contributed by atoms with van der Waals surface area (Å²) in [4.78, 5) is 11.4. The maximum atomic E-state index is 11.4. The summed E-state index contributed by atoms with van der Waals surface area (Å²) in [6, 6.07) is 7.80. The molecule has 0 bridgehead atoms. The quantitative estimate of drug-likeness (QED) is 0.582. The van der Waals surface area contributed by atoms with E-state index >= 15 is 0 Å². The van der Waals surface area contributed by atoms with Gasteiger partial charge in [-0.3, -0.25) is 4.79 Å². The van der Waals surface area contributed by atoms with E-state index in [1.807, 2.05) is 38.1 Å². The van der Waals surface area contributed by atoms with Crippen LogP contribution in [0.3, 0.4) is 0 Å². The largest absolute Gasteiger partial charge is 0.426 e. The number of carbonyl (C=O) groups excluding carboxylic acids is 1. The monoisotopic (exact) mass is 234 g/mol. The van der Waals surface area contributed by atoms with E-state index in [2.05, 4.69) is 20.8 Å². The van der Waals surface area contributed by atoms with Crippen LogP contribution in [0, 0.1) is 5.92 Å². The minimum absolute atomic E-state index is 0.0956. The van der Waals surface area contributed by atoms with Crippen molar-refractivity contribution in [1.29, 1.82) is 0 Å². The van der Waals surface area contributed by atoms with Crippen LogP contribution in [0.2, 0.25) is 0 Å². The molecule has 1 aromatic rings. The van der Waals surface area contributed by atoms with Crippen LogP contribution < -0.4 is 4.74 Å². The summed E-state index contributed by atoms with van der Waals surface area (Å²) in [5.74, 6) is 0.341. The van der Waals surface area contributed by atoms with Gasteiger partial charge in [-0.2, -0.15) is 0 Å². The molecule has 0 atom stereocenters. The minimum atomic E-state index is -0.187. The molecule has 0 aliphatic rings. The summed E-state index contributed by atoms with van der Waals surface area (Å²) in [5, 5.41) is 0. The lowest BCUT2D eigenvalue weighted by molar-refractivity contribution is -0.137. The molecular formula is C15H22O2. The highest BCUT2D eigenvalue weighted by atomic mass is 16.5. The van der Waals surface area contributed by atoms with Gasteiger partial charge in [-0.1, -0.05) is 46.8 Å². The number of hydrogen-bond donors (Lipinski definition) is 0. The van der Waals surface area contributed by atoms with Gasteiger partial charge >= 0.3 is 5.97 Å². The first kappa shape index (κ1) is 13.8. The molecule has 0 radical (unpaired) electrons. The van der Waals surface area contributed by atoms with Crippen LogP contribution in [0.1, 0.15) is 46.6 Å². The lowest BCUT2D eigenvalue weighted by Gasteiger charge is -2.23. The lowest BCUT2D eigenvalue weighted by atomic mass is 9.82. The van der Waals surface area contributed by atoms with E-state index in [1.165, 1.54) is 5.56 Å². The summed E-state index contributed by atoms with van der Waals surface area (Å²) in [6.45, 7) is 10.3. The van der Waals surface area contributed by atoms with Crippen LogP contribution in [-0.4, -0.2) is 5.97 Å². The molecule has 2 nitrogen and oxygen atoms in total. The molecule has 0 heterocycles. The fourth-order valence-corrected chi connectivity index (χ4v) is 1.41. The van der Waals surface area contributed by atoms with E-state index in [-0.39, 0.29) is 17.3 Å². The van der Waals surface area contributed by atoms with Crippen molar-refractivity contribution in [1.82, 2.24) is 0 Å². The first-order valence-corrected chi connectivity index (χ1v) is 6.19. The molecule has 0 amide bonds. The zero-order chi connectivity index (χ0) is 13.1. The van der Waals surface area contributed by atoms with Crippen molar-refractivity contribution in [3.05, 3.63) is 29.8 Å². The fourth-order valence-electron chi connectivity index (χ4n) is 1.41. The van der Waals surface area contributed by atoms with Gasteiger partial charge in [0.05, 0.1) is 5.92 Å². The molecule has 0 spiro atoms. The number of esters is 1. The smallest absolute Gasteiger partial charge is 0.313 e. The molecule has 2 heteroatoms. The summed E-state index contributed by atoms with van der Waals surface area (Å²) in [6.07, 6.45) is 1.08. The van der Waals surface area contributed by atoms with Gasteiger partial charge < -0.3 is 4.74 Å². The molecule has 1 rings (SSSR count). The molecule has 0 saturated heterocycles. The molecule has 0 saturated carbocycles. The van der Waals surface area contributed by atoms with E-state index in [0.717, 1.165) is 6.42 Å². The van der Waals surface area contributed by atoms with Crippen molar-refractivity contribution in [2.45, 2.75) is 46.5 Å². The van der Waals surface area contributed by atoms with Crippen LogP contribution in [0.15, 0.2) is 24.3 Å². The van der Waals surface area contributed by atoms with Gasteiger partial charge in [-0.25, -0.2) is 0 Å². The minimum Gasteiger partial charge on any atom is -0.426 e. The third kappa shape index (κ3) is 3.58. The van der Waals surface area contributed by atoms with Crippen LogP contribution in [0.25, 0.3) is 0 Å². The van der Waals surface area contributed by atoms with Crippen LogP contribution in [0.4, 0.5) is 0 Å². The third-order valence-corrected chi connectivity index (χ3v) is 3.21. The highest BCUT2D eigenvalue weighted by Gasteiger charge is 2.18. The third-order valence-electron chi connectivity index (χ3n) is 3.21. The van der Waals surface area contributed by atoms with Crippen molar-refractivity contribution < 1.29 is 9.53 Å². The molecule has 1 aromatic carbocycles. The van der Waals surface area contributed by atoms with Gasteiger partial charge in [0.15, 0.2) is 0 Å². The number of ether oxygens (including phenoxy) is 1. The average Bonchev–Trinajstić information content (AvgIpc) is 2.29. The zero-order valence-electron chi connectivity index (χ0n) is 11.4. The fraction of sp³-hybridized carbons (Fsp3) is 0.533. The van der Waals surface area contributed by atoms with E-state index in [9.17, 15) is 4.79 Å². The Bertz CT molecular complexity index is 374. The topological polar surface area (TPSA) is 26.3 Å². The molecule has 0 aliphatic heterocycles. The SMILES string of the molecule is CCC(C)(C)c1ccc(OC(=O)C(C)C)cc1. The van der Waals surface area contributed by atoms with E-state index in [4.69, 9.17) is 4.74 Å². The average molecular weight is 234 g/mol. The standard InChI is InChI=1S/C15H22O2/c1-6-15(4,5)12-7-9-13(10-8-12)17-14(16)11(2)3/h7-11H,6H2,1-5H3. The maximum absolute atomic E-state index is 11.4. The van der Waals surface area contributed by atoms with E-state index < -0.39 is 0 Å². The highest BCUT2D eigenvalue weighted by Crippen LogP contribution is 2.28. The highest BCUT2D eigenvalue weighted by molar-refractivity contribution is 5.74. The normalized spacial score (nSPS) is 11.6. The summed E-state index contributed by atoms with van der Waals surface area (Å²) >= 11 is 0. The van der Waals surface area contributed by atoms with Gasteiger partial charge in [0, 0.05) is 0 Å². The van der Waals surface area contributed by atoms with E-state index in [1.54, 1.807) is 0 Å². The second-order valence-corrected chi connectivity index (χ2v) is 5.34. The zero-order valence-corrected chi connectivity index (χ0v) is 11.4. The Labute approximate surface area is 104 Å². The van der Waals surface area contributed by atoms with Crippen molar-refractivity contribution in [2.24, 2.45) is 5.92 Å². The Morgan fingerprint density at radius 1 is 1.24 bits per heavy atom. The van der Waals surface area contributed by atoms with Crippen molar-refractivity contribution in [3.8, 4) is 5.75 Å². The number of benzene rings is 1. The number of rotatable bonds is 4. The summed E-state index contributed by atoms with van der Waals surface area (Å²) in [5.41, 5.74) is 1.44. The van der Waals surface area contributed by atoms with Crippen LogP contribution in [-0.2, 0) is 10.2 Å². The van der Waals surface area contributed by atoms with Crippen molar-refractivity contribution in [3.63, 3.8) is 0 Å². The Balaban J connectivity index is 2.79. The number of carbonyl (C=O) groups is 1. The predicted octanol–water partition coefficient (Wildman–Crippen LogP) is 3.94. The molecule has 0 aliphatic carbocycles. The Morgan fingerprint density at radius 2 is 1.76 bits per heavy atom. The molecule has 0 unspecified atom stereocenters. The first-order valence-electron chi connectivity index (χ1n) is 6.19. The van der Waals surface area contributed by atoms with Crippen LogP contribution in [0.5, 0.6) is 5.75 Å². The maximum Gasteiger partial charge on any atom is 0.313 e. The first-order chi connectivity index (χ1) is 7.86. The van der Waals surface area contributed by atoms with Gasteiger partial charge in [0.1, 0.15) is 5.75 Å². The van der Waals surface area contributed by atoms with Gasteiger partial charge in [0.2, 0.25) is 0 Å². The molecule has 17 heavy (non-hydrogen) atoms. The Hall–Kier alpha value is -1.31. The van der Waals surface area contributed by atoms with Crippen molar-refractivity contribution >= 4 is 5.97 Å². The van der Waals surface area contributed by atoms with Gasteiger partial charge in [0.25, 0.3) is 0 Å². The van der Waals surface area contributed by atoms with E-state index in [0.29, 0.717) is 5.75 Å². The summed E-state index contributed by atoms with van der Waals surface area (Å²) in [7, 11) is 0. The second kappa shape index (κ2) is 5.35. The molecule has 0 N–H and O–H groups in total. The second-order valence-electron chi connectivity index (χ2n) is 5.34. The lowest BCUT2D eigenvalue weighted by Crippen LogP contribution is -2.16. The molecular weight excluding hydrogens is 212 g/mol. The Kier molecular flexibility index (Phi) is 4.33. The molecule has 0 fully saturated rings. The molecule has 94 valence electrons. The number of hydrogen-bond acceptors (Lipinski definition) is 2. The van der Waals surface area contributed by atoms with Crippen LogP contribution >= 0.6 is 0 Å². The van der Waals surface area contributed by atoms with Gasteiger partial charge in [-0.15, -0.1) is 0 Å².